The number of hydrogen-bond acceptors (Lipinski definition) is 1. The number of hydrogen-bond donors (Lipinski definition) is 0. The summed E-state index contributed by atoms with van der Waals surface area (Å²) in [5, 5.41) is 0. The maximum absolute atomic E-state index is 5.37. The van der Waals surface area contributed by atoms with Gasteiger partial charge in [0.1, 0.15) is 0 Å². The highest BCUT2D eigenvalue weighted by Gasteiger charge is 2.12. The second kappa shape index (κ2) is 20.0. The average Bonchev–Trinajstić information content (AvgIpc) is 2.59. The Morgan fingerprint density at radius 2 is 1.14 bits per heavy atom. The van der Waals surface area contributed by atoms with Crippen molar-refractivity contribution in [2.45, 2.75) is 106 Å². The summed E-state index contributed by atoms with van der Waals surface area (Å²) in [6, 6.07) is 0. The van der Waals surface area contributed by atoms with Crippen LogP contribution < -0.4 is 0 Å². The quantitative estimate of drug-likeness (QED) is 0.533. The maximum Gasteiger partial charge on any atom is 0.0494 e. The molecule has 2 saturated carbocycles. The fourth-order valence-corrected chi connectivity index (χ4v) is 2.95. The molecule has 2 aliphatic rings. The molecule has 0 unspecified atom stereocenters. The molecule has 0 radical (unpaired) electrons. The summed E-state index contributed by atoms with van der Waals surface area (Å²) in [6.45, 7) is 14.3. The Morgan fingerprint density at radius 1 is 0.714 bits per heavy atom. The van der Waals surface area contributed by atoms with Gasteiger partial charge in [-0.3, -0.25) is 0 Å². The minimum Gasteiger partial charge on any atom is -0.381 e. The predicted molar refractivity (Wildman–Crippen MR) is 98.0 cm³/mol. The van der Waals surface area contributed by atoms with Crippen molar-refractivity contribution in [2.24, 2.45) is 11.8 Å². The number of ether oxygens (including phenoxy) is 1. The Morgan fingerprint density at radius 3 is 1.48 bits per heavy atom. The first kappa shape index (κ1) is 23.2. The first-order valence-corrected chi connectivity index (χ1v) is 9.90. The summed E-state index contributed by atoms with van der Waals surface area (Å²) in [7, 11) is 0. The van der Waals surface area contributed by atoms with Crippen LogP contribution in [0.2, 0.25) is 0 Å². The lowest BCUT2D eigenvalue weighted by molar-refractivity contribution is 0.0949. The van der Waals surface area contributed by atoms with E-state index in [0.717, 1.165) is 25.0 Å². The lowest BCUT2D eigenvalue weighted by Gasteiger charge is -2.20. The van der Waals surface area contributed by atoms with Crippen LogP contribution in [-0.4, -0.2) is 13.2 Å². The van der Waals surface area contributed by atoms with E-state index in [-0.39, 0.29) is 0 Å². The molecule has 2 aliphatic carbocycles. The first-order valence-electron chi connectivity index (χ1n) is 9.90. The Hall–Kier alpha value is -0.0400. The molecule has 0 aromatic carbocycles. The van der Waals surface area contributed by atoms with Gasteiger partial charge in [-0.25, -0.2) is 0 Å². The molecule has 1 nitrogen and oxygen atoms in total. The Bertz CT molecular complexity index is 155. The molecule has 0 saturated heterocycles. The molecule has 2 rings (SSSR count). The second-order valence-electron chi connectivity index (χ2n) is 5.91. The van der Waals surface area contributed by atoms with Crippen LogP contribution in [0.5, 0.6) is 0 Å². The van der Waals surface area contributed by atoms with E-state index in [4.69, 9.17) is 4.74 Å². The molecule has 0 spiro atoms. The summed E-state index contributed by atoms with van der Waals surface area (Å²) >= 11 is 0. The van der Waals surface area contributed by atoms with E-state index < -0.39 is 0 Å². The zero-order valence-electron chi connectivity index (χ0n) is 16.0. The predicted octanol–water partition coefficient (Wildman–Crippen LogP) is 7.24. The largest absolute Gasteiger partial charge is 0.381 e. The van der Waals surface area contributed by atoms with E-state index in [2.05, 4.69) is 13.8 Å². The summed E-state index contributed by atoms with van der Waals surface area (Å²) in [5.41, 5.74) is 0. The summed E-state index contributed by atoms with van der Waals surface area (Å²) in [4.78, 5) is 0. The van der Waals surface area contributed by atoms with Crippen LogP contribution in [0.15, 0.2) is 0 Å². The highest BCUT2D eigenvalue weighted by atomic mass is 16.5. The summed E-state index contributed by atoms with van der Waals surface area (Å²) in [5.74, 6) is 1.92. The van der Waals surface area contributed by atoms with Gasteiger partial charge in [0.25, 0.3) is 0 Å². The van der Waals surface area contributed by atoms with E-state index in [9.17, 15) is 0 Å². The molecular weight excluding hydrogens is 256 g/mol. The highest BCUT2D eigenvalue weighted by Crippen LogP contribution is 2.23. The third-order valence-electron chi connectivity index (χ3n) is 4.18. The van der Waals surface area contributed by atoms with Crippen LogP contribution in [0.1, 0.15) is 106 Å². The van der Waals surface area contributed by atoms with Gasteiger partial charge in [0, 0.05) is 13.2 Å². The average molecular weight is 301 g/mol. The molecule has 21 heavy (non-hydrogen) atoms. The van der Waals surface area contributed by atoms with E-state index in [1.807, 2.05) is 27.7 Å². The molecule has 0 N–H and O–H groups in total. The first-order chi connectivity index (χ1) is 10.3. The van der Waals surface area contributed by atoms with Gasteiger partial charge in [0.2, 0.25) is 0 Å². The molecule has 130 valence electrons. The fraction of sp³-hybridized carbons (Fsp3) is 1.00. The standard InChI is InChI=1S/C9H18O.C7H14.2C2H6/c1-2-10-8-9-6-4-3-5-7-9;1-7-5-3-2-4-6-7;2*1-2/h9H,2-8H2,1H3;7H,2-6H2,1H3;2*1-2H3. The lowest BCUT2D eigenvalue weighted by atomic mass is 9.90. The normalized spacial score (nSPS) is 19.1. The number of rotatable bonds is 3. The third kappa shape index (κ3) is 16.2. The fourth-order valence-electron chi connectivity index (χ4n) is 2.95. The molecule has 0 heterocycles. The maximum atomic E-state index is 5.37. The molecule has 0 atom stereocenters. The molecule has 0 aromatic heterocycles. The van der Waals surface area contributed by atoms with Crippen molar-refractivity contribution in [1.82, 2.24) is 0 Å². The van der Waals surface area contributed by atoms with Crippen molar-refractivity contribution in [1.29, 1.82) is 0 Å². The topological polar surface area (TPSA) is 9.23 Å². The summed E-state index contributed by atoms with van der Waals surface area (Å²) < 4.78 is 5.37. The zero-order chi connectivity index (χ0) is 16.3. The van der Waals surface area contributed by atoms with Crippen molar-refractivity contribution >= 4 is 0 Å². The molecule has 2 fully saturated rings. The Labute approximate surface area is 136 Å². The lowest BCUT2D eigenvalue weighted by Crippen LogP contribution is -2.12. The van der Waals surface area contributed by atoms with Crippen LogP contribution in [0.3, 0.4) is 0 Å². The highest BCUT2D eigenvalue weighted by molar-refractivity contribution is 4.64. The smallest absolute Gasteiger partial charge is 0.0494 e. The Balaban J connectivity index is 0. The van der Waals surface area contributed by atoms with Crippen molar-refractivity contribution in [3.63, 3.8) is 0 Å². The third-order valence-corrected chi connectivity index (χ3v) is 4.18. The SMILES string of the molecule is CC.CC.CC1CCCCC1.CCOCC1CCCCC1. The van der Waals surface area contributed by atoms with Crippen molar-refractivity contribution < 1.29 is 4.74 Å². The van der Waals surface area contributed by atoms with Gasteiger partial charge >= 0.3 is 0 Å². The van der Waals surface area contributed by atoms with Crippen LogP contribution in [0, 0.1) is 11.8 Å². The van der Waals surface area contributed by atoms with Crippen molar-refractivity contribution in [2.75, 3.05) is 13.2 Å². The van der Waals surface area contributed by atoms with Gasteiger partial charge in [-0.15, -0.1) is 0 Å². The van der Waals surface area contributed by atoms with Gasteiger partial charge < -0.3 is 4.74 Å². The van der Waals surface area contributed by atoms with Gasteiger partial charge in [-0.2, -0.15) is 0 Å². The van der Waals surface area contributed by atoms with E-state index in [1.165, 1.54) is 64.2 Å². The van der Waals surface area contributed by atoms with E-state index in [1.54, 1.807) is 0 Å². The zero-order valence-corrected chi connectivity index (χ0v) is 16.0. The minimum absolute atomic E-state index is 0.883. The second-order valence-corrected chi connectivity index (χ2v) is 5.91. The molecule has 0 bridgehead atoms. The molecule has 0 amide bonds. The van der Waals surface area contributed by atoms with Gasteiger partial charge in [0.05, 0.1) is 0 Å². The van der Waals surface area contributed by atoms with Crippen molar-refractivity contribution in [3.05, 3.63) is 0 Å². The molecule has 1 heteroatoms. The monoisotopic (exact) mass is 300 g/mol. The Kier molecular flexibility index (Phi) is 22.1. The van der Waals surface area contributed by atoms with Crippen LogP contribution in [0.25, 0.3) is 0 Å². The van der Waals surface area contributed by atoms with Gasteiger partial charge in [-0.05, 0) is 31.6 Å². The summed E-state index contributed by atoms with van der Waals surface area (Å²) in [6.07, 6.45) is 14.5. The molecule has 0 aromatic rings. The van der Waals surface area contributed by atoms with Crippen LogP contribution in [-0.2, 0) is 4.74 Å². The van der Waals surface area contributed by atoms with Gasteiger partial charge in [-0.1, -0.05) is 86.0 Å². The van der Waals surface area contributed by atoms with Crippen molar-refractivity contribution in [3.8, 4) is 0 Å². The van der Waals surface area contributed by atoms with Crippen LogP contribution >= 0.6 is 0 Å². The van der Waals surface area contributed by atoms with E-state index in [0.29, 0.717) is 0 Å². The van der Waals surface area contributed by atoms with E-state index >= 15 is 0 Å². The molecular formula is C20H44O. The molecule has 0 aliphatic heterocycles. The van der Waals surface area contributed by atoms with Gasteiger partial charge in [0.15, 0.2) is 0 Å². The minimum atomic E-state index is 0.883. The van der Waals surface area contributed by atoms with Crippen LogP contribution in [0.4, 0.5) is 0 Å².